The second kappa shape index (κ2) is 10.2. The summed E-state index contributed by atoms with van der Waals surface area (Å²) in [4.78, 5) is 15.2. The highest BCUT2D eigenvalue weighted by Gasteiger charge is 2.34. The maximum atomic E-state index is 12.6. The van der Waals surface area contributed by atoms with Gasteiger partial charge in [-0.15, -0.1) is 0 Å². The van der Waals surface area contributed by atoms with Crippen LogP contribution in [0, 0.1) is 5.92 Å². The summed E-state index contributed by atoms with van der Waals surface area (Å²) < 4.78 is 0. The van der Waals surface area contributed by atoms with Gasteiger partial charge in [0.25, 0.3) is 0 Å². The molecule has 1 aliphatic carbocycles. The Balaban J connectivity index is 1.26. The molecule has 30 heavy (non-hydrogen) atoms. The van der Waals surface area contributed by atoms with Crippen molar-refractivity contribution in [3.05, 3.63) is 69.7 Å². The van der Waals surface area contributed by atoms with E-state index in [9.17, 15) is 4.79 Å². The summed E-state index contributed by atoms with van der Waals surface area (Å²) in [6.07, 6.45) is 7.48. The normalized spacial score (nSPS) is 22.9. The van der Waals surface area contributed by atoms with E-state index in [0.29, 0.717) is 17.5 Å². The molecule has 2 fully saturated rings. The van der Waals surface area contributed by atoms with Gasteiger partial charge in [-0.05, 0) is 92.9 Å². The number of piperidine rings is 1. The van der Waals surface area contributed by atoms with Gasteiger partial charge < -0.3 is 5.32 Å². The quantitative estimate of drug-likeness (QED) is 0.634. The minimum absolute atomic E-state index is 0.117. The summed E-state index contributed by atoms with van der Waals surface area (Å²) in [6, 6.07) is 16.6. The summed E-state index contributed by atoms with van der Waals surface area (Å²) in [5.74, 6) is 0.855. The number of halogens is 2. The van der Waals surface area contributed by atoms with Crippen LogP contribution in [0.3, 0.4) is 0 Å². The van der Waals surface area contributed by atoms with Gasteiger partial charge in [-0.3, -0.25) is 9.69 Å². The molecule has 1 N–H and O–H groups in total. The maximum Gasteiger partial charge on any atom is 0.224 e. The number of carbonyl (C=O) groups excluding carboxylic acids is 1. The predicted octanol–water partition coefficient (Wildman–Crippen LogP) is 5.53. The number of benzene rings is 2. The van der Waals surface area contributed by atoms with Gasteiger partial charge >= 0.3 is 0 Å². The summed E-state index contributed by atoms with van der Waals surface area (Å²) >= 11 is 11.9. The first-order valence-corrected chi connectivity index (χ1v) is 11.8. The lowest BCUT2D eigenvalue weighted by Gasteiger charge is -2.38. The van der Waals surface area contributed by atoms with E-state index in [1.54, 1.807) is 0 Å². The fourth-order valence-corrected chi connectivity index (χ4v) is 5.29. The van der Waals surface area contributed by atoms with E-state index in [0.717, 1.165) is 42.4 Å². The van der Waals surface area contributed by atoms with Crippen LogP contribution in [0.15, 0.2) is 48.5 Å². The van der Waals surface area contributed by atoms with Crippen molar-refractivity contribution < 1.29 is 4.79 Å². The van der Waals surface area contributed by atoms with Gasteiger partial charge in [0.15, 0.2) is 0 Å². The van der Waals surface area contributed by atoms with Gasteiger partial charge in [0, 0.05) is 22.1 Å². The zero-order valence-corrected chi connectivity index (χ0v) is 18.8. The SMILES string of the molecule is O=C(Cc1ccc(Cl)cc1)N[C@@H]1CCC[C@H]1N1CCC(Cc2ccc(Cl)cc2)CC1. The second-order valence-corrected chi connectivity index (χ2v) is 9.66. The lowest BCUT2D eigenvalue weighted by molar-refractivity contribution is -0.121. The summed E-state index contributed by atoms with van der Waals surface area (Å²) in [5.41, 5.74) is 2.39. The standard InChI is InChI=1S/C25H30Cl2N2O/c26-21-8-4-18(5-9-21)16-20-12-14-29(15-13-20)24-3-1-2-23(24)28-25(30)17-19-6-10-22(27)11-7-19/h4-11,20,23-24H,1-3,12-17H2,(H,28,30)/t23-,24-/m1/s1. The Kier molecular flexibility index (Phi) is 7.35. The van der Waals surface area contributed by atoms with E-state index in [1.807, 2.05) is 36.4 Å². The molecular weight excluding hydrogens is 415 g/mol. The number of rotatable bonds is 6. The zero-order valence-electron chi connectivity index (χ0n) is 17.3. The topological polar surface area (TPSA) is 32.3 Å². The van der Waals surface area contributed by atoms with Crippen molar-refractivity contribution in [1.82, 2.24) is 10.2 Å². The minimum Gasteiger partial charge on any atom is -0.352 e. The smallest absolute Gasteiger partial charge is 0.224 e. The highest BCUT2D eigenvalue weighted by atomic mass is 35.5. The van der Waals surface area contributed by atoms with Crippen molar-refractivity contribution in [3.8, 4) is 0 Å². The van der Waals surface area contributed by atoms with E-state index in [4.69, 9.17) is 23.2 Å². The van der Waals surface area contributed by atoms with E-state index >= 15 is 0 Å². The fraction of sp³-hybridized carbons (Fsp3) is 0.480. The molecule has 2 aromatic carbocycles. The van der Waals surface area contributed by atoms with Crippen LogP contribution in [0.25, 0.3) is 0 Å². The predicted molar refractivity (Wildman–Crippen MR) is 124 cm³/mol. The highest BCUT2D eigenvalue weighted by molar-refractivity contribution is 6.30. The molecule has 0 unspecified atom stereocenters. The Labute approximate surface area is 189 Å². The van der Waals surface area contributed by atoms with E-state index in [-0.39, 0.29) is 11.9 Å². The number of nitrogens with zero attached hydrogens (tertiary/aromatic N) is 1. The minimum atomic E-state index is 0.117. The van der Waals surface area contributed by atoms with Gasteiger partial charge in [-0.25, -0.2) is 0 Å². The molecule has 1 aliphatic heterocycles. The van der Waals surface area contributed by atoms with Crippen molar-refractivity contribution in [2.75, 3.05) is 13.1 Å². The van der Waals surface area contributed by atoms with Crippen molar-refractivity contribution in [3.63, 3.8) is 0 Å². The monoisotopic (exact) mass is 444 g/mol. The Morgan fingerprint density at radius 2 is 1.47 bits per heavy atom. The number of hydrogen-bond donors (Lipinski definition) is 1. The van der Waals surface area contributed by atoms with Crippen LogP contribution in [0.2, 0.25) is 10.0 Å². The molecular formula is C25H30Cl2N2O. The van der Waals surface area contributed by atoms with Crippen LogP contribution < -0.4 is 5.32 Å². The highest BCUT2D eigenvalue weighted by Crippen LogP contribution is 2.30. The first-order chi connectivity index (χ1) is 14.6. The molecule has 5 heteroatoms. The average molecular weight is 445 g/mol. The Bertz CT molecular complexity index is 829. The summed E-state index contributed by atoms with van der Waals surface area (Å²) in [7, 11) is 0. The molecule has 0 radical (unpaired) electrons. The third-order valence-electron chi connectivity index (χ3n) is 6.66. The summed E-state index contributed by atoms with van der Waals surface area (Å²) in [5, 5.41) is 4.83. The molecule has 1 amide bonds. The fourth-order valence-electron chi connectivity index (χ4n) is 5.03. The molecule has 0 bridgehead atoms. The van der Waals surface area contributed by atoms with Gasteiger partial charge in [-0.1, -0.05) is 47.5 Å². The average Bonchev–Trinajstić information content (AvgIpc) is 3.20. The number of amides is 1. The first-order valence-electron chi connectivity index (χ1n) is 11.1. The van der Waals surface area contributed by atoms with Crippen molar-refractivity contribution >= 4 is 29.1 Å². The van der Waals surface area contributed by atoms with Crippen LogP contribution in [0.5, 0.6) is 0 Å². The van der Waals surface area contributed by atoms with E-state index in [2.05, 4.69) is 22.3 Å². The van der Waals surface area contributed by atoms with Crippen molar-refractivity contribution in [2.45, 2.75) is 57.0 Å². The van der Waals surface area contributed by atoms with Crippen LogP contribution in [-0.4, -0.2) is 36.0 Å². The van der Waals surface area contributed by atoms with Gasteiger partial charge in [-0.2, -0.15) is 0 Å². The zero-order chi connectivity index (χ0) is 20.9. The molecule has 0 aromatic heterocycles. The van der Waals surface area contributed by atoms with Gasteiger partial charge in [0.05, 0.1) is 6.42 Å². The molecule has 1 saturated heterocycles. The number of hydrogen-bond acceptors (Lipinski definition) is 2. The molecule has 160 valence electrons. The molecule has 4 rings (SSSR count). The van der Waals surface area contributed by atoms with Gasteiger partial charge in [0.2, 0.25) is 5.91 Å². The van der Waals surface area contributed by atoms with Crippen molar-refractivity contribution in [2.24, 2.45) is 5.92 Å². The summed E-state index contributed by atoms with van der Waals surface area (Å²) in [6.45, 7) is 2.26. The number of nitrogens with one attached hydrogen (secondary N) is 1. The largest absolute Gasteiger partial charge is 0.352 e. The number of likely N-dealkylation sites (tertiary alicyclic amines) is 1. The third kappa shape index (κ3) is 5.78. The molecule has 3 nitrogen and oxygen atoms in total. The Hall–Kier alpha value is -1.55. The first kappa shape index (κ1) is 21.7. The molecule has 0 spiro atoms. The molecule has 1 heterocycles. The Morgan fingerprint density at radius 3 is 2.10 bits per heavy atom. The maximum absolute atomic E-state index is 12.6. The van der Waals surface area contributed by atoms with Crippen LogP contribution in [-0.2, 0) is 17.6 Å². The molecule has 1 saturated carbocycles. The van der Waals surface area contributed by atoms with Crippen molar-refractivity contribution in [1.29, 1.82) is 0 Å². The lowest BCUT2D eigenvalue weighted by Crippen LogP contribution is -2.51. The molecule has 2 aromatic rings. The van der Waals surface area contributed by atoms with Crippen LogP contribution in [0.4, 0.5) is 0 Å². The van der Waals surface area contributed by atoms with E-state index in [1.165, 1.54) is 31.2 Å². The molecule has 2 atom stereocenters. The Morgan fingerprint density at radius 1 is 0.867 bits per heavy atom. The van der Waals surface area contributed by atoms with Crippen LogP contribution in [0.1, 0.15) is 43.2 Å². The van der Waals surface area contributed by atoms with Gasteiger partial charge in [0.1, 0.15) is 0 Å². The third-order valence-corrected chi connectivity index (χ3v) is 7.16. The van der Waals surface area contributed by atoms with Crippen LogP contribution >= 0.6 is 23.2 Å². The van der Waals surface area contributed by atoms with E-state index < -0.39 is 0 Å². The second-order valence-electron chi connectivity index (χ2n) is 8.79. The molecule has 2 aliphatic rings. The number of carbonyl (C=O) groups is 1. The lowest BCUT2D eigenvalue weighted by atomic mass is 9.89.